The van der Waals surface area contributed by atoms with Gasteiger partial charge in [-0.25, -0.2) is 9.78 Å². The molecular formula is C23H27N5O2. The van der Waals surface area contributed by atoms with Gasteiger partial charge in [0, 0.05) is 42.9 Å². The van der Waals surface area contributed by atoms with Gasteiger partial charge in [-0.2, -0.15) is 0 Å². The standard InChI is InChI=1S/C23H27N5O2/c1-3-30-21-11-5-4-10-20(21)26-23(29)27-13-7-9-19(16-27)28-17(2)14-25-22(28)18-8-6-12-24-15-18/h4-6,8,10-12,14-15,19H,3,7,9,13,16H2,1-2H3,(H,26,29). The van der Waals surface area contributed by atoms with Crippen LogP contribution in [0.1, 0.15) is 31.5 Å². The Morgan fingerprint density at radius 3 is 2.90 bits per heavy atom. The van der Waals surface area contributed by atoms with Crippen molar-refractivity contribution in [1.29, 1.82) is 0 Å². The largest absolute Gasteiger partial charge is 0.492 e. The van der Waals surface area contributed by atoms with Crippen LogP contribution in [-0.2, 0) is 0 Å². The van der Waals surface area contributed by atoms with Crippen LogP contribution in [0.2, 0.25) is 0 Å². The highest BCUT2D eigenvalue weighted by Gasteiger charge is 2.28. The number of anilines is 1. The molecule has 1 N–H and O–H groups in total. The third-order valence-corrected chi connectivity index (χ3v) is 5.38. The van der Waals surface area contributed by atoms with E-state index in [1.54, 1.807) is 6.20 Å². The number of para-hydroxylation sites is 2. The van der Waals surface area contributed by atoms with E-state index in [4.69, 9.17) is 4.74 Å². The second kappa shape index (κ2) is 8.98. The molecule has 0 aliphatic carbocycles. The second-order valence-corrected chi connectivity index (χ2v) is 7.44. The lowest BCUT2D eigenvalue weighted by atomic mass is 10.0. The third kappa shape index (κ3) is 4.15. The Morgan fingerprint density at radius 2 is 2.10 bits per heavy atom. The summed E-state index contributed by atoms with van der Waals surface area (Å²) in [6.45, 7) is 5.91. The molecule has 1 fully saturated rings. The van der Waals surface area contributed by atoms with Crippen LogP contribution in [0.5, 0.6) is 5.75 Å². The number of aromatic nitrogens is 3. The van der Waals surface area contributed by atoms with Crippen LogP contribution in [-0.4, -0.2) is 45.2 Å². The first-order chi connectivity index (χ1) is 14.7. The first kappa shape index (κ1) is 19.9. The molecule has 1 aliphatic rings. The SMILES string of the molecule is CCOc1ccccc1NC(=O)N1CCCC(n2c(C)cnc2-c2cccnc2)C1. The fraction of sp³-hybridized carbons (Fsp3) is 0.348. The molecule has 1 unspecified atom stereocenters. The summed E-state index contributed by atoms with van der Waals surface area (Å²) in [6, 6.07) is 11.5. The number of imidazole rings is 1. The van der Waals surface area contributed by atoms with E-state index >= 15 is 0 Å². The van der Waals surface area contributed by atoms with E-state index < -0.39 is 0 Å². The minimum Gasteiger partial charge on any atom is -0.492 e. The summed E-state index contributed by atoms with van der Waals surface area (Å²) in [4.78, 5) is 23.7. The average molecular weight is 406 g/mol. The molecule has 1 aliphatic heterocycles. The summed E-state index contributed by atoms with van der Waals surface area (Å²) in [5.41, 5.74) is 2.77. The number of nitrogens with zero attached hydrogens (tertiary/aromatic N) is 4. The number of piperidine rings is 1. The second-order valence-electron chi connectivity index (χ2n) is 7.44. The molecule has 2 amide bonds. The number of nitrogens with one attached hydrogen (secondary N) is 1. The summed E-state index contributed by atoms with van der Waals surface area (Å²) < 4.78 is 7.87. The average Bonchev–Trinajstić information content (AvgIpc) is 3.17. The molecule has 0 radical (unpaired) electrons. The first-order valence-electron chi connectivity index (χ1n) is 10.4. The maximum absolute atomic E-state index is 13.0. The third-order valence-electron chi connectivity index (χ3n) is 5.38. The van der Waals surface area contributed by atoms with Crippen molar-refractivity contribution in [2.24, 2.45) is 0 Å². The summed E-state index contributed by atoms with van der Waals surface area (Å²) in [5.74, 6) is 1.58. The maximum Gasteiger partial charge on any atom is 0.322 e. The number of carbonyl (C=O) groups is 1. The van der Waals surface area contributed by atoms with Gasteiger partial charge in [-0.05, 0) is 51.0 Å². The quantitative estimate of drug-likeness (QED) is 0.677. The van der Waals surface area contributed by atoms with Crippen molar-refractivity contribution >= 4 is 11.7 Å². The van der Waals surface area contributed by atoms with Gasteiger partial charge < -0.3 is 19.5 Å². The molecular weight excluding hydrogens is 378 g/mol. The molecule has 0 bridgehead atoms. The van der Waals surface area contributed by atoms with E-state index in [1.165, 1.54) is 0 Å². The molecule has 0 saturated carbocycles. The minimum atomic E-state index is -0.104. The monoisotopic (exact) mass is 405 g/mol. The topological polar surface area (TPSA) is 72.3 Å². The van der Waals surface area contributed by atoms with E-state index in [2.05, 4.69) is 26.8 Å². The molecule has 156 valence electrons. The smallest absolute Gasteiger partial charge is 0.322 e. The van der Waals surface area contributed by atoms with Crippen molar-refractivity contribution in [3.05, 3.63) is 60.7 Å². The molecule has 30 heavy (non-hydrogen) atoms. The lowest BCUT2D eigenvalue weighted by Gasteiger charge is -2.34. The van der Waals surface area contributed by atoms with Crippen LogP contribution in [0, 0.1) is 6.92 Å². The van der Waals surface area contributed by atoms with Crippen LogP contribution in [0.3, 0.4) is 0 Å². The number of hydrogen-bond donors (Lipinski definition) is 1. The number of rotatable bonds is 5. The molecule has 4 rings (SSSR count). The van der Waals surface area contributed by atoms with Crippen molar-refractivity contribution in [3.8, 4) is 17.1 Å². The van der Waals surface area contributed by atoms with Crippen molar-refractivity contribution in [1.82, 2.24) is 19.4 Å². The molecule has 1 saturated heterocycles. The predicted molar refractivity (Wildman–Crippen MR) is 117 cm³/mol. The molecule has 1 aromatic carbocycles. The zero-order valence-electron chi connectivity index (χ0n) is 17.4. The number of likely N-dealkylation sites (tertiary alicyclic amines) is 1. The minimum absolute atomic E-state index is 0.104. The summed E-state index contributed by atoms with van der Waals surface area (Å²) >= 11 is 0. The van der Waals surface area contributed by atoms with Gasteiger partial charge in [0.1, 0.15) is 11.6 Å². The molecule has 2 aromatic heterocycles. The molecule has 7 nitrogen and oxygen atoms in total. The fourth-order valence-corrected chi connectivity index (χ4v) is 4.01. The predicted octanol–water partition coefficient (Wildman–Crippen LogP) is 4.52. The number of ether oxygens (including phenoxy) is 1. The van der Waals surface area contributed by atoms with E-state index in [9.17, 15) is 4.79 Å². The Labute approximate surface area is 176 Å². The maximum atomic E-state index is 13.0. The van der Waals surface area contributed by atoms with Crippen LogP contribution in [0.25, 0.3) is 11.4 Å². The van der Waals surface area contributed by atoms with E-state index in [0.29, 0.717) is 24.6 Å². The van der Waals surface area contributed by atoms with E-state index in [-0.39, 0.29) is 12.1 Å². The Hall–Kier alpha value is -3.35. The Balaban J connectivity index is 1.52. The van der Waals surface area contributed by atoms with Crippen molar-refractivity contribution < 1.29 is 9.53 Å². The number of urea groups is 1. The summed E-state index contributed by atoms with van der Waals surface area (Å²) in [7, 11) is 0. The molecule has 0 spiro atoms. The van der Waals surface area contributed by atoms with Gasteiger partial charge in [-0.1, -0.05) is 12.1 Å². The number of amides is 2. The van der Waals surface area contributed by atoms with Crippen LogP contribution >= 0.6 is 0 Å². The van der Waals surface area contributed by atoms with Gasteiger partial charge in [0.2, 0.25) is 0 Å². The van der Waals surface area contributed by atoms with E-state index in [0.717, 1.165) is 36.5 Å². The van der Waals surface area contributed by atoms with Gasteiger partial charge in [0.05, 0.1) is 18.3 Å². The first-order valence-corrected chi connectivity index (χ1v) is 10.4. The van der Waals surface area contributed by atoms with Crippen molar-refractivity contribution in [2.45, 2.75) is 32.7 Å². The van der Waals surface area contributed by atoms with Gasteiger partial charge in [-0.15, -0.1) is 0 Å². The highest BCUT2D eigenvalue weighted by molar-refractivity contribution is 5.91. The van der Waals surface area contributed by atoms with Crippen molar-refractivity contribution in [2.75, 3.05) is 25.0 Å². The van der Waals surface area contributed by atoms with Gasteiger partial charge in [0.15, 0.2) is 0 Å². The molecule has 3 aromatic rings. The summed E-state index contributed by atoms with van der Waals surface area (Å²) in [5, 5.41) is 3.02. The highest BCUT2D eigenvalue weighted by atomic mass is 16.5. The van der Waals surface area contributed by atoms with Crippen molar-refractivity contribution in [3.63, 3.8) is 0 Å². The Kier molecular flexibility index (Phi) is 5.97. The zero-order chi connectivity index (χ0) is 20.9. The molecule has 3 heterocycles. The number of benzene rings is 1. The Morgan fingerprint density at radius 1 is 1.23 bits per heavy atom. The van der Waals surface area contributed by atoms with Gasteiger partial charge >= 0.3 is 6.03 Å². The number of pyridine rings is 1. The lowest BCUT2D eigenvalue weighted by molar-refractivity contribution is 0.178. The normalized spacial score (nSPS) is 16.3. The lowest BCUT2D eigenvalue weighted by Crippen LogP contribution is -2.43. The number of carbonyl (C=O) groups excluding carboxylic acids is 1. The highest BCUT2D eigenvalue weighted by Crippen LogP contribution is 2.30. The fourth-order valence-electron chi connectivity index (χ4n) is 4.01. The zero-order valence-corrected chi connectivity index (χ0v) is 17.4. The van der Waals surface area contributed by atoms with Gasteiger partial charge in [0.25, 0.3) is 0 Å². The number of aryl methyl sites for hydroxylation is 1. The molecule has 1 atom stereocenters. The van der Waals surface area contributed by atoms with Crippen LogP contribution < -0.4 is 10.1 Å². The van der Waals surface area contributed by atoms with Gasteiger partial charge in [-0.3, -0.25) is 4.98 Å². The van der Waals surface area contributed by atoms with Crippen LogP contribution in [0.4, 0.5) is 10.5 Å². The summed E-state index contributed by atoms with van der Waals surface area (Å²) in [6.07, 6.45) is 7.42. The Bertz CT molecular complexity index is 1000. The molecule has 7 heteroatoms. The van der Waals surface area contributed by atoms with Crippen LogP contribution in [0.15, 0.2) is 55.0 Å². The van der Waals surface area contributed by atoms with E-state index in [1.807, 2.05) is 60.6 Å². The number of hydrogen-bond acceptors (Lipinski definition) is 4.